The van der Waals surface area contributed by atoms with Crippen LogP contribution in [0.15, 0.2) is 0 Å². The van der Waals surface area contributed by atoms with Crippen LogP contribution in [0.5, 0.6) is 0 Å². The van der Waals surface area contributed by atoms with Crippen molar-refractivity contribution < 1.29 is 9.47 Å². The molecule has 3 unspecified atom stereocenters. The van der Waals surface area contributed by atoms with E-state index >= 15 is 0 Å². The number of hydrogen-bond donors (Lipinski definition) is 0. The van der Waals surface area contributed by atoms with Crippen molar-refractivity contribution in [1.29, 1.82) is 0 Å². The van der Waals surface area contributed by atoms with Crippen LogP contribution in [0.4, 0.5) is 0 Å². The van der Waals surface area contributed by atoms with E-state index in [0.29, 0.717) is 18.2 Å². The van der Waals surface area contributed by atoms with E-state index in [0.717, 1.165) is 26.3 Å². The lowest BCUT2D eigenvalue weighted by atomic mass is 10.1. The van der Waals surface area contributed by atoms with Gasteiger partial charge < -0.3 is 9.47 Å². The van der Waals surface area contributed by atoms with E-state index in [1.54, 1.807) is 0 Å². The van der Waals surface area contributed by atoms with Crippen molar-refractivity contribution in [3.8, 4) is 0 Å². The van der Waals surface area contributed by atoms with Gasteiger partial charge in [0.25, 0.3) is 0 Å². The topological polar surface area (TPSA) is 21.7 Å². The summed E-state index contributed by atoms with van der Waals surface area (Å²) in [6, 6.07) is 0.548. The van der Waals surface area contributed by atoms with Crippen LogP contribution in [-0.4, -0.2) is 49.5 Å². The Labute approximate surface area is 92.7 Å². The van der Waals surface area contributed by atoms with Crippen LogP contribution in [0.25, 0.3) is 0 Å². The third-order valence-corrected chi connectivity index (χ3v) is 3.45. The zero-order valence-electron chi connectivity index (χ0n) is 9.95. The fourth-order valence-corrected chi connectivity index (χ4v) is 2.44. The van der Waals surface area contributed by atoms with E-state index in [4.69, 9.17) is 9.47 Å². The van der Waals surface area contributed by atoms with E-state index in [1.165, 1.54) is 19.3 Å². The highest BCUT2D eigenvalue weighted by atomic mass is 16.5. The van der Waals surface area contributed by atoms with Gasteiger partial charge in [0.1, 0.15) is 0 Å². The summed E-state index contributed by atoms with van der Waals surface area (Å²) in [6.45, 7) is 8.37. The summed E-state index contributed by atoms with van der Waals surface area (Å²) < 4.78 is 11.4. The Kier molecular flexibility index (Phi) is 4.00. The van der Waals surface area contributed by atoms with E-state index in [-0.39, 0.29) is 0 Å². The maximum absolute atomic E-state index is 5.78. The third-order valence-electron chi connectivity index (χ3n) is 3.45. The van der Waals surface area contributed by atoms with Gasteiger partial charge in [-0.2, -0.15) is 0 Å². The molecule has 3 heteroatoms. The monoisotopic (exact) mass is 213 g/mol. The summed E-state index contributed by atoms with van der Waals surface area (Å²) in [5.41, 5.74) is 0. The van der Waals surface area contributed by atoms with Gasteiger partial charge in [-0.05, 0) is 33.1 Å². The molecule has 0 N–H and O–H groups in total. The Balaban J connectivity index is 1.80. The first-order chi connectivity index (χ1) is 7.25. The van der Waals surface area contributed by atoms with Crippen molar-refractivity contribution in [2.75, 3.05) is 26.3 Å². The Morgan fingerprint density at radius 1 is 1.20 bits per heavy atom. The van der Waals surface area contributed by atoms with Crippen LogP contribution >= 0.6 is 0 Å². The molecule has 15 heavy (non-hydrogen) atoms. The van der Waals surface area contributed by atoms with Gasteiger partial charge >= 0.3 is 0 Å². The first kappa shape index (κ1) is 11.4. The second kappa shape index (κ2) is 5.28. The minimum Gasteiger partial charge on any atom is -0.377 e. The highest BCUT2D eigenvalue weighted by Gasteiger charge is 2.26. The predicted molar refractivity (Wildman–Crippen MR) is 60.0 cm³/mol. The number of nitrogens with zero attached hydrogens (tertiary/aromatic N) is 1. The van der Waals surface area contributed by atoms with E-state index in [9.17, 15) is 0 Å². The molecule has 0 bridgehead atoms. The number of rotatable bonds is 2. The maximum Gasteiger partial charge on any atom is 0.0702 e. The van der Waals surface area contributed by atoms with Crippen molar-refractivity contribution in [3.63, 3.8) is 0 Å². The Bertz CT molecular complexity index is 192. The lowest BCUT2D eigenvalue weighted by molar-refractivity contribution is -0.0777. The second-order valence-electron chi connectivity index (χ2n) is 4.94. The normalized spacial score (nSPS) is 39.2. The molecule has 2 heterocycles. The lowest BCUT2D eigenvalue weighted by Gasteiger charge is -2.39. The molecule has 2 fully saturated rings. The van der Waals surface area contributed by atoms with Gasteiger partial charge in [0.05, 0.1) is 18.8 Å². The van der Waals surface area contributed by atoms with E-state index < -0.39 is 0 Å². The maximum atomic E-state index is 5.78. The largest absolute Gasteiger partial charge is 0.377 e. The SMILES string of the molecule is CC1CN(CC2CCCCO2)C(C)CO1. The van der Waals surface area contributed by atoms with Crippen molar-refractivity contribution >= 4 is 0 Å². The van der Waals surface area contributed by atoms with E-state index in [2.05, 4.69) is 18.7 Å². The first-order valence-electron chi connectivity index (χ1n) is 6.23. The summed E-state index contributed by atoms with van der Waals surface area (Å²) in [5, 5.41) is 0. The molecule has 0 radical (unpaired) electrons. The minimum absolute atomic E-state index is 0.379. The fourth-order valence-electron chi connectivity index (χ4n) is 2.44. The number of ether oxygens (including phenoxy) is 2. The highest BCUT2D eigenvalue weighted by molar-refractivity contribution is 4.78. The Morgan fingerprint density at radius 3 is 2.80 bits per heavy atom. The molecule has 0 spiro atoms. The minimum atomic E-state index is 0.379. The average Bonchev–Trinajstić information content (AvgIpc) is 2.25. The third kappa shape index (κ3) is 3.16. The summed E-state index contributed by atoms with van der Waals surface area (Å²) in [6.07, 6.45) is 4.65. The molecule has 88 valence electrons. The van der Waals surface area contributed by atoms with E-state index in [1.807, 2.05) is 0 Å². The van der Waals surface area contributed by atoms with Crippen LogP contribution in [0, 0.1) is 0 Å². The number of morpholine rings is 1. The van der Waals surface area contributed by atoms with Crippen molar-refractivity contribution in [2.45, 2.75) is 51.4 Å². The highest BCUT2D eigenvalue weighted by Crippen LogP contribution is 2.17. The molecular weight excluding hydrogens is 190 g/mol. The summed E-state index contributed by atoms with van der Waals surface area (Å²) in [4.78, 5) is 2.52. The summed E-state index contributed by atoms with van der Waals surface area (Å²) in [5.74, 6) is 0. The van der Waals surface area contributed by atoms with Gasteiger partial charge in [-0.3, -0.25) is 4.90 Å². The van der Waals surface area contributed by atoms with Crippen molar-refractivity contribution in [2.24, 2.45) is 0 Å². The van der Waals surface area contributed by atoms with Crippen molar-refractivity contribution in [1.82, 2.24) is 4.90 Å². The first-order valence-corrected chi connectivity index (χ1v) is 6.23. The zero-order chi connectivity index (χ0) is 10.7. The van der Waals surface area contributed by atoms with Gasteiger partial charge in [-0.15, -0.1) is 0 Å². The Hall–Kier alpha value is -0.120. The lowest BCUT2D eigenvalue weighted by Crippen LogP contribution is -2.50. The zero-order valence-corrected chi connectivity index (χ0v) is 9.95. The molecule has 0 aromatic rings. The van der Waals surface area contributed by atoms with Crippen LogP contribution in [0.3, 0.4) is 0 Å². The second-order valence-corrected chi connectivity index (χ2v) is 4.94. The molecule has 0 aromatic carbocycles. The molecular formula is C12H23NO2. The number of hydrogen-bond acceptors (Lipinski definition) is 3. The van der Waals surface area contributed by atoms with Gasteiger partial charge in [-0.1, -0.05) is 0 Å². The Morgan fingerprint density at radius 2 is 2.07 bits per heavy atom. The van der Waals surface area contributed by atoms with Gasteiger partial charge in [0, 0.05) is 25.7 Å². The smallest absolute Gasteiger partial charge is 0.0702 e. The molecule has 2 aliphatic heterocycles. The molecule has 0 aromatic heterocycles. The fraction of sp³-hybridized carbons (Fsp3) is 1.00. The van der Waals surface area contributed by atoms with Crippen molar-refractivity contribution in [3.05, 3.63) is 0 Å². The summed E-state index contributed by atoms with van der Waals surface area (Å²) in [7, 11) is 0. The molecule has 2 saturated heterocycles. The van der Waals surface area contributed by atoms with Gasteiger partial charge in [0.15, 0.2) is 0 Å². The predicted octanol–water partition coefficient (Wildman–Crippen LogP) is 1.66. The average molecular weight is 213 g/mol. The van der Waals surface area contributed by atoms with Crippen LogP contribution in [-0.2, 0) is 9.47 Å². The van der Waals surface area contributed by atoms with Crippen LogP contribution < -0.4 is 0 Å². The molecule has 3 atom stereocenters. The van der Waals surface area contributed by atoms with Crippen LogP contribution in [0.2, 0.25) is 0 Å². The molecule has 0 saturated carbocycles. The molecule has 2 rings (SSSR count). The molecule has 2 aliphatic rings. The molecule has 0 aliphatic carbocycles. The molecule has 3 nitrogen and oxygen atoms in total. The van der Waals surface area contributed by atoms with Gasteiger partial charge in [-0.25, -0.2) is 0 Å². The quantitative estimate of drug-likeness (QED) is 0.696. The standard InChI is InChI=1S/C12H23NO2/c1-10-9-15-11(2)7-13(10)8-12-5-3-4-6-14-12/h10-12H,3-9H2,1-2H3. The molecule has 0 amide bonds. The van der Waals surface area contributed by atoms with Gasteiger partial charge in [0.2, 0.25) is 0 Å². The summed E-state index contributed by atoms with van der Waals surface area (Å²) >= 11 is 0. The van der Waals surface area contributed by atoms with Crippen LogP contribution in [0.1, 0.15) is 33.1 Å².